The van der Waals surface area contributed by atoms with E-state index in [-0.39, 0.29) is 29.7 Å². The van der Waals surface area contributed by atoms with Gasteiger partial charge in [0.1, 0.15) is 0 Å². The van der Waals surface area contributed by atoms with E-state index < -0.39 is 9.84 Å². The summed E-state index contributed by atoms with van der Waals surface area (Å²) in [7, 11) is -1.84. The summed E-state index contributed by atoms with van der Waals surface area (Å²) in [4.78, 5) is 13.6. The van der Waals surface area contributed by atoms with Crippen molar-refractivity contribution in [1.82, 2.24) is 4.90 Å². The van der Waals surface area contributed by atoms with Crippen LogP contribution < -0.4 is 0 Å². The van der Waals surface area contributed by atoms with Gasteiger partial charge in [-0.3, -0.25) is 9.69 Å². The molecule has 1 rings (SSSR count). The molecule has 130 valence electrons. The maximum absolute atomic E-state index is 12.3. The first-order valence-electron chi connectivity index (χ1n) is 7.24. The smallest absolute Gasteiger partial charge is 0.320 e. The van der Waals surface area contributed by atoms with Crippen molar-refractivity contribution in [3.05, 3.63) is 28.7 Å². The van der Waals surface area contributed by atoms with Gasteiger partial charge < -0.3 is 9.47 Å². The lowest BCUT2D eigenvalue weighted by Gasteiger charge is -2.20. The van der Waals surface area contributed by atoms with E-state index >= 15 is 0 Å². The molecule has 0 unspecified atom stereocenters. The van der Waals surface area contributed by atoms with Crippen molar-refractivity contribution in [2.45, 2.75) is 11.8 Å². The van der Waals surface area contributed by atoms with Crippen LogP contribution in [0.5, 0.6) is 0 Å². The summed E-state index contributed by atoms with van der Waals surface area (Å²) in [5.41, 5.74) is 0. The largest absolute Gasteiger partial charge is 0.465 e. The second-order valence-corrected chi connectivity index (χ2v) is 7.87. The fourth-order valence-electron chi connectivity index (χ4n) is 1.89. The number of benzene rings is 1. The number of hydrogen-bond donors (Lipinski definition) is 0. The van der Waals surface area contributed by atoms with E-state index in [4.69, 9.17) is 9.47 Å². The standard InChI is InChI=1S/C15H22BrNO5S/c1-3-22-15(18)12-17(8-10-21-2)9-11-23(19,20)14-6-4-13(16)5-7-14/h4-7H,3,8-12H2,1-2H3. The van der Waals surface area contributed by atoms with Crippen LogP contribution in [0.4, 0.5) is 0 Å². The van der Waals surface area contributed by atoms with Crippen LogP contribution in [0.2, 0.25) is 0 Å². The first kappa shape index (κ1) is 20.1. The van der Waals surface area contributed by atoms with Crippen LogP contribution in [0.25, 0.3) is 0 Å². The molecule has 0 spiro atoms. The zero-order chi connectivity index (χ0) is 17.3. The molecule has 0 aliphatic heterocycles. The number of halogens is 1. The average Bonchev–Trinajstić information content (AvgIpc) is 2.50. The van der Waals surface area contributed by atoms with Crippen LogP contribution in [-0.4, -0.2) is 65.0 Å². The molecule has 0 radical (unpaired) electrons. The SMILES string of the molecule is CCOC(=O)CN(CCOC)CCS(=O)(=O)c1ccc(Br)cc1. The summed E-state index contributed by atoms with van der Waals surface area (Å²) < 4.78 is 35.4. The van der Waals surface area contributed by atoms with Gasteiger partial charge in [-0.1, -0.05) is 15.9 Å². The fourth-order valence-corrected chi connectivity index (χ4v) is 3.44. The molecule has 0 N–H and O–H groups in total. The number of nitrogens with zero attached hydrogens (tertiary/aromatic N) is 1. The summed E-state index contributed by atoms with van der Waals surface area (Å²) in [6.07, 6.45) is 0. The fraction of sp³-hybridized carbons (Fsp3) is 0.533. The number of methoxy groups -OCH3 is 1. The summed E-state index contributed by atoms with van der Waals surface area (Å²) in [6.45, 7) is 3.19. The number of carbonyl (C=O) groups excluding carboxylic acids is 1. The van der Waals surface area contributed by atoms with E-state index in [1.54, 1.807) is 43.2 Å². The summed E-state index contributed by atoms with van der Waals surface area (Å²) in [5.74, 6) is -0.442. The zero-order valence-corrected chi connectivity index (χ0v) is 15.7. The van der Waals surface area contributed by atoms with E-state index in [2.05, 4.69) is 15.9 Å². The Labute approximate surface area is 145 Å². The first-order chi connectivity index (χ1) is 10.9. The minimum Gasteiger partial charge on any atom is -0.465 e. The number of hydrogen-bond acceptors (Lipinski definition) is 6. The van der Waals surface area contributed by atoms with Crippen LogP contribution >= 0.6 is 15.9 Å². The van der Waals surface area contributed by atoms with E-state index in [1.807, 2.05) is 0 Å². The van der Waals surface area contributed by atoms with E-state index in [0.29, 0.717) is 19.8 Å². The van der Waals surface area contributed by atoms with Crippen molar-refractivity contribution in [1.29, 1.82) is 0 Å². The third kappa shape index (κ3) is 7.43. The third-order valence-corrected chi connectivity index (χ3v) is 5.36. The minimum absolute atomic E-state index is 0.0487. The molecule has 0 saturated heterocycles. The van der Waals surface area contributed by atoms with E-state index in [9.17, 15) is 13.2 Å². The number of sulfone groups is 1. The molecule has 0 aliphatic carbocycles. The summed E-state index contributed by atoms with van der Waals surface area (Å²) in [5, 5.41) is 0. The van der Waals surface area contributed by atoms with Crippen molar-refractivity contribution in [3.63, 3.8) is 0 Å². The lowest BCUT2D eigenvalue weighted by Crippen LogP contribution is -2.37. The predicted octanol–water partition coefficient (Wildman–Crippen LogP) is 1.73. The molecule has 0 fully saturated rings. The van der Waals surface area contributed by atoms with Crippen LogP contribution in [-0.2, 0) is 24.1 Å². The van der Waals surface area contributed by atoms with Gasteiger partial charge in [0.05, 0.1) is 30.4 Å². The van der Waals surface area contributed by atoms with Crippen LogP contribution in [0.1, 0.15) is 6.92 Å². The molecule has 1 aromatic carbocycles. The number of ether oxygens (including phenoxy) is 2. The Balaban J connectivity index is 2.67. The van der Waals surface area contributed by atoms with Crippen LogP contribution in [0.15, 0.2) is 33.6 Å². The second-order valence-electron chi connectivity index (χ2n) is 4.85. The van der Waals surface area contributed by atoms with Crippen molar-refractivity contribution >= 4 is 31.7 Å². The highest BCUT2D eigenvalue weighted by molar-refractivity contribution is 9.10. The Morgan fingerprint density at radius 3 is 2.43 bits per heavy atom. The maximum atomic E-state index is 12.3. The van der Waals surface area contributed by atoms with E-state index in [0.717, 1.165) is 4.47 Å². The normalized spacial score (nSPS) is 11.7. The molecular formula is C15H22BrNO5S. The number of carbonyl (C=O) groups is 1. The van der Waals surface area contributed by atoms with Crippen molar-refractivity contribution in [2.24, 2.45) is 0 Å². The first-order valence-corrected chi connectivity index (χ1v) is 9.68. The Hall–Kier alpha value is -0.960. The molecule has 0 bridgehead atoms. The summed E-state index contributed by atoms with van der Waals surface area (Å²) >= 11 is 3.28. The highest BCUT2D eigenvalue weighted by atomic mass is 79.9. The molecule has 0 heterocycles. The highest BCUT2D eigenvalue weighted by Gasteiger charge is 2.18. The van der Waals surface area contributed by atoms with Crippen molar-refractivity contribution in [2.75, 3.05) is 45.7 Å². The third-order valence-electron chi connectivity index (χ3n) is 3.12. The molecule has 0 aromatic heterocycles. The van der Waals surface area contributed by atoms with Crippen molar-refractivity contribution < 1.29 is 22.7 Å². The van der Waals surface area contributed by atoms with Gasteiger partial charge in [0.15, 0.2) is 9.84 Å². The van der Waals surface area contributed by atoms with Gasteiger partial charge in [0.2, 0.25) is 0 Å². The van der Waals surface area contributed by atoms with Gasteiger partial charge in [-0.25, -0.2) is 8.42 Å². The minimum atomic E-state index is -3.40. The molecule has 1 aromatic rings. The number of esters is 1. The summed E-state index contributed by atoms with van der Waals surface area (Å²) in [6, 6.07) is 6.50. The van der Waals surface area contributed by atoms with Gasteiger partial charge in [-0.2, -0.15) is 0 Å². The highest BCUT2D eigenvalue weighted by Crippen LogP contribution is 2.16. The Kier molecular flexibility index (Phi) is 8.75. The predicted molar refractivity (Wildman–Crippen MR) is 91.1 cm³/mol. The van der Waals surface area contributed by atoms with Crippen LogP contribution in [0, 0.1) is 0 Å². The Morgan fingerprint density at radius 1 is 1.22 bits per heavy atom. The second kappa shape index (κ2) is 10.0. The molecule has 6 nitrogen and oxygen atoms in total. The lowest BCUT2D eigenvalue weighted by molar-refractivity contribution is -0.144. The van der Waals surface area contributed by atoms with Gasteiger partial charge in [-0.05, 0) is 31.2 Å². The monoisotopic (exact) mass is 407 g/mol. The number of rotatable bonds is 10. The Bertz CT molecular complexity index is 588. The molecular weight excluding hydrogens is 386 g/mol. The molecule has 0 saturated carbocycles. The van der Waals surface area contributed by atoms with Crippen LogP contribution in [0.3, 0.4) is 0 Å². The molecule has 23 heavy (non-hydrogen) atoms. The van der Waals surface area contributed by atoms with Crippen molar-refractivity contribution in [3.8, 4) is 0 Å². The molecule has 0 aliphatic rings. The van der Waals surface area contributed by atoms with Gasteiger partial charge >= 0.3 is 5.97 Å². The van der Waals surface area contributed by atoms with Gasteiger partial charge in [-0.15, -0.1) is 0 Å². The maximum Gasteiger partial charge on any atom is 0.320 e. The zero-order valence-electron chi connectivity index (χ0n) is 13.3. The Morgan fingerprint density at radius 2 is 1.87 bits per heavy atom. The van der Waals surface area contributed by atoms with Gasteiger partial charge in [0, 0.05) is 24.7 Å². The quantitative estimate of drug-likeness (QED) is 0.549. The van der Waals surface area contributed by atoms with E-state index in [1.165, 1.54) is 0 Å². The average molecular weight is 408 g/mol. The molecule has 0 atom stereocenters. The van der Waals surface area contributed by atoms with Gasteiger partial charge in [0.25, 0.3) is 0 Å². The topological polar surface area (TPSA) is 72.9 Å². The molecule has 0 amide bonds. The molecule has 8 heteroatoms. The lowest BCUT2D eigenvalue weighted by atomic mass is 10.4.